The fourth-order valence-electron chi connectivity index (χ4n) is 4.44. The number of hydrogen-bond donors (Lipinski definition) is 2. The van der Waals surface area contributed by atoms with Gasteiger partial charge in [-0.05, 0) is 37.5 Å². The Morgan fingerprint density at radius 2 is 2.00 bits per heavy atom. The molecule has 3 unspecified atom stereocenters. The number of rotatable bonds is 7. The van der Waals surface area contributed by atoms with E-state index >= 15 is 0 Å². The van der Waals surface area contributed by atoms with Gasteiger partial charge >= 0.3 is 0 Å². The average Bonchev–Trinajstić information content (AvgIpc) is 2.46. The van der Waals surface area contributed by atoms with Crippen molar-refractivity contribution in [1.29, 1.82) is 0 Å². The molecule has 1 saturated carbocycles. The summed E-state index contributed by atoms with van der Waals surface area (Å²) in [5, 5.41) is 13.2. The summed E-state index contributed by atoms with van der Waals surface area (Å²) in [6, 6.07) is 0.573. The molecule has 3 nitrogen and oxygen atoms in total. The smallest absolute Gasteiger partial charge is 0.0684 e. The average molecular weight is 283 g/mol. The molecule has 3 heteroatoms. The lowest BCUT2D eigenvalue weighted by Crippen LogP contribution is -2.70. The molecular weight excluding hydrogens is 250 g/mol. The highest BCUT2D eigenvalue weighted by Gasteiger charge is 2.57. The molecule has 1 aliphatic heterocycles. The monoisotopic (exact) mass is 283 g/mol. The van der Waals surface area contributed by atoms with E-state index in [1.165, 1.54) is 12.8 Å². The van der Waals surface area contributed by atoms with Crippen molar-refractivity contribution in [3.8, 4) is 0 Å². The van der Waals surface area contributed by atoms with Crippen molar-refractivity contribution in [1.82, 2.24) is 5.32 Å². The summed E-state index contributed by atoms with van der Waals surface area (Å²) >= 11 is 0. The van der Waals surface area contributed by atoms with Crippen molar-refractivity contribution in [2.75, 3.05) is 19.8 Å². The normalized spacial score (nSPS) is 32.5. The lowest BCUT2D eigenvalue weighted by Gasteiger charge is -2.60. The van der Waals surface area contributed by atoms with Gasteiger partial charge in [0.15, 0.2) is 0 Å². The Morgan fingerprint density at radius 3 is 2.60 bits per heavy atom. The SMILES string of the molecule is CCC(CC)(CCO)CNC1C2CCCOC2C1(C)C. The van der Waals surface area contributed by atoms with E-state index in [-0.39, 0.29) is 10.8 Å². The zero-order valence-corrected chi connectivity index (χ0v) is 13.7. The first kappa shape index (κ1) is 16.3. The zero-order valence-electron chi connectivity index (χ0n) is 13.7. The lowest BCUT2D eigenvalue weighted by molar-refractivity contribution is -0.193. The van der Waals surface area contributed by atoms with E-state index in [1.807, 2.05) is 0 Å². The Bertz CT molecular complexity index is 312. The Labute approximate surface area is 124 Å². The predicted molar refractivity (Wildman–Crippen MR) is 82.8 cm³/mol. The highest BCUT2D eigenvalue weighted by Crippen LogP contribution is 2.51. The molecule has 1 heterocycles. The highest BCUT2D eigenvalue weighted by molar-refractivity contribution is 5.10. The molecule has 1 aliphatic carbocycles. The highest BCUT2D eigenvalue weighted by atomic mass is 16.5. The summed E-state index contributed by atoms with van der Waals surface area (Å²) in [4.78, 5) is 0. The Morgan fingerprint density at radius 1 is 1.30 bits per heavy atom. The van der Waals surface area contributed by atoms with Crippen LogP contribution in [0.5, 0.6) is 0 Å². The molecule has 20 heavy (non-hydrogen) atoms. The molecule has 0 aromatic rings. The molecule has 0 spiro atoms. The molecule has 0 amide bonds. The van der Waals surface area contributed by atoms with Gasteiger partial charge in [0.1, 0.15) is 0 Å². The lowest BCUT2D eigenvalue weighted by atomic mass is 9.55. The molecule has 0 bridgehead atoms. The van der Waals surface area contributed by atoms with Crippen LogP contribution in [0, 0.1) is 16.7 Å². The van der Waals surface area contributed by atoms with E-state index in [0.717, 1.165) is 32.4 Å². The number of aliphatic hydroxyl groups is 1. The second-order valence-electron chi connectivity index (χ2n) is 7.46. The summed E-state index contributed by atoms with van der Waals surface area (Å²) in [5.74, 6) is 0.694. The summed E-state index contributed by atoms with van der Waals surface area (Å²) in [6.45, 7) is 11.4. The molecule has 1 saturated heterocycles. The summed E-state index contributed by atoms with van der Waals surface area (Å²) < 4.78 is 5.97. The van der Waals surface area contributed by atoms with E-state index in [0.29, 0.717) is 24.7 Å². The third-order valence-corrected chi connectivity index (χ3v) is 6.17. The van der Waals surface area contributed by atoms with Gasteiger partial charge in [-0.15, -0.1) is 0 Å². The molecule has 0 aromatic carbocycles. The van der Waals surface area contributed by atoms with Gasteiger partial charge in [0.05, 0.1) is 6.10 Å². The standard InChI is InChI=1S/C17H33NO2/c1-5-17(6-2,9-10-19)12-18-14-13-8-7-11-20-15(13)16(14,3)4/h13-15,18-19H,5-12H2,1-4H3. The van der Waals surface area contributed by atoms with Gasteiger partial charge in [-0.3, -0.25) is 0 Å². The van der Waals surface area contributed by atoms with Crippen LogP contribution in [0.3, 0.4) is 0 Å². The zero-order chi connectivity index (χ0) is 14.8. The van der Waals surface area contributed by atoms with Crippen LogP contribution in [0.4, 0.5) is 0 Å². The van der Waals surface area contributed by atoms with Crippen LogP contribution in [-0.2, 0) is 4.74 Å². The van der Waals surface area contributed by atoms with Crippen molar-refractivity contribution < 1.29 is 9.84 Å². The second kappa shape index (κ2) is 6.33. The third-order valence-electron chi connectivity index (χ3n) is 6.17. The van der Waals surface area contributed by atoms with Gasteiger partial charge in [-0.1, -0.05) is 27.7 Å². The van der Waals surface area contributed by atoms with E-state index in [1.54, 1.807) is 0 Å². The van der Waals surface area contributed by atoms with E-state index < -0.39 is 0 Å². The molecular formula is C17H33NO2. The molecule has 0 radical (unpaired) electrons. The van der Waals surface area contributed by atoms with Crippen molar-refractivity contribution in [3.63, 3.8) is 0 Å². The Balaban J connectivity index is 1.95. The molecule has 2 fully saturated rings. The third kappa shape index (κ3) is 2.77. The second-order valence-corrected chi connectivity index (χ2v) is 7.46. The van der Waals surface area contributed by atoms with Gasteiger partial charge in [0.25, 0.3) is 0 Å². The minimum Gasteiger partial charge on any atom is -0.396 e. The summed E-state index contributed by atoms with van der Waals surface area (Å²) in [6.07, 6.45) is 6.13. The summed E-state index contributed by atoms with van der Waals surface area (Å²) in [5.41, 5.74) is 0.503. The molecule has 2 rings (SSSR count). The molecule has 2 N–H and O–H groups in total. The fourth-order valence-corrected chi connectivity index (χ4v) is 4.44. The van der Waals surface area contributed by atoms with Gasteiger partial charge in [-0.25, -0.2) is 0 Å². The van der Waals surface area contributed by atoms with Gasteiger partial charge in [0, 0.05) is 37.1 Å². The first-order chi connectivity index (χ1) is 9.50. The van der Waals surface area contributed by atoms with Crippen LogP contribution in [-0.4, -0.2) is 37.0 Å². The first-order valence-corrected chi connectivity index (χ1v) is 8.46. The van der Waals surface area contributed by atoms with Crippen LogP contribution in [0.1, 0.15) is 59.8 Å². The molecule has 118 valence electrons. The van der Waals surface area contributed by atoms with E-state index in [2.05, 4.69) is 33.0 Å². The number of nitrogens with one attached hydrogen (secondary N) is 1. The molecule has 3 atom stereocenters. The van der Waals surface area contributed by atoms with E-state index in [9.17, 15) is 5.11 Å². The van der Waals surface area contributed by atoms with Crippen molar-refractivity contribution >= 4 is 0 Å². The van der Waals surface area contributed by atoms with Crippen LogP contribution in [0.2, 0.25) is 0 Å². The van der Waals surface area contributed by atoms with Gasteiger partial charge < -0.3 is 15.2 Å². The van der Waals surface area contributed by atoms with Crippen molar-refractivity contribution in [2.24, 2.45) is 16.7 Å². The molecule has 2 aliphatic rings. The quantitative estimate of drug-likeness (QED) is 0.755. The maximum atomic E-state index is 9.34. The largest absolute Gasteiger partial charge is 0.396 e. The Kier molecular flexibility index (Phi) is 5.14. The van der Waals surface area contributed by atoms with Gasteiger partial charge in [-0.2, -0.15) is 0 Å². The number of aliphatic hydroxyl groups excluding tert-OH is 1. The molecule has 0 aromatic heterocycles. The first-order valence-electron chi connectivity index (χ1n) is 8.46. The van der Waals surface area contributed by atoms with E-state index in [4.69, 9.17) is 4.74 Å². The maximum absolute atomic E-state index is 9.34. The van der Waals surface area contributed by atoms with Crippen molar-refractivity contribution in [3.05, 3.63) is 0 Å². The van der Waals surface area contributed by atoms with Crippen molar-refractivity contribution in [2.45, 2.75) is 71.9 Å². The Hall–Kier alpha value is -0.120. The van der Waals surface area contributed by atoms with Crippen LogP contribution >= 0.6 is 0 Å². The predicted octanol–water partition coefficient (Wildman–Crippen LogP) is 2.97. The minimum atomic E-state index is 0.248. The number of ether oxygens (including phenoxy) is 1. The topological polar surface area (TPSA) is 41.5 Å². The fraction of sp³-hybridized carbons (Fsp3) is 1.00. The van der Waals surface area contributed by atoms with Crippen LogP contribution in [0.25, 0.3) is 0 Å². The number of fused-ring (bicyclic) bond motifs is 1. The van der Waals surface area contributed by atoms with Crippen LogP contribution < -0.4 is 5.32 Å². The van der Waals surface area contributed by atoms with Gasteiger partial charge in [0.2, 0.25) is 0 Å². The van der Waals surface area contributed by atoms with Crippen LogP contribution in [0.15, 0.2) is 0 Å². The maximum Gasteiger partial charge on any atom is 0.0684 e. The number of hydrogen-bond acceptors (Lipinski definition) is 3. The summed E-state index contributed by atoms with van der Waals surface area (Å²) in [7, 11) is 0. The minimum absolute atomic E-state index is 0.248.